The summed E-state index contributed by atoms with van der Waals surface area (Å²) >= 11 is 6.56. The van der Waals surface area contributed by atoms with E-state index in [0.717, 1.165) is 19.3 Å². The van der Waals surface area contributed by atoms with Crippen molar-refractivity contribution in [1.29, 1.82) is 0 Å². The Kier molecular flexibility index (Phi) is 4.68. The fourth-order valence-electron chi connectivity index (χ4n) is 1.32. The van der Waals surface area contributed by atoms with E-state index in [2.05, 4.69) is 26.5 Å². The predicted molar refractivity (Wildman–Crippen MR) is 80.4 cm³/mol. The maximum atomic E-state index is 11.6. The average Bonchev–Trinajstić information content (AvgIpc) is 2.97. The molecule has 18 heavy (non-hydrogen) atoms. The zero-order chi connectivity index (χ0) is 13.0. The number of rotatable bonds is 4. The molecular weight excluding hydrogens is 332 g/mol. The molecule has 1 N–H and O–H groups in total. The van der Waals surface area contributed by atoms with E-state index < -0.39 is 0 Å². The molecule has 2 heterocycles. The third-order valence-electron chi connectivity index (χ3n) is 2.19. The number of thiophene rings is 2. The van der Waals surface area contributed by atoms with Crippen LogP contribution in [0.4, 0.5) is 0 Å². The summed E-state index contributed by atoms with van der Waals surface area (Å²) in [5.41, 5.74) is 3.39. The highest BCUT2D eigenvalue weighted by Gasteiger charge is 2.05. The number of nitrogens with one attached hydrogen (secondary N) is 1. The first-order chi connectivity index (χ1) is 8.65. The van der Waals surface area contributed by atoms with Crippen LogP contribution in [0.2, 0.25) is 0 Å². The molecule has 6 heteroatoms. The minimum Gasteiger partial charge on any atom is -0.273 e. The van der Waals surface area contributed by atoms with Gasteiger partial charge in [-0.1, -0.05) is 6.07 Å². The Morgan fingerprint density at radius 1 is 1.44 bits per heavy atom. The van der Waals surface area contributed by atoms with Crippen LogP contribution in [0.3, 0.4) is 0 Å². The molecule has 0 unspecified atom stereocenters. The van der Waals surface area contributed by atoms with Crippen molar-refractivity contribution in [2.45, 2.75) is 13.3 Å². The lowest BCUT2D eigenvalue weighted by Crippen LogP contribution is -2.20. The molecule has 0 saturated heterocycles. The minimum atomic E-state index is -0.0904. The van der Waals surface area contributed by atoms with Crippen LogP contribution in [0, 0.1) is 0 Å². The lowest BCUT2D eigenvalue weighted by Gasteiger charge is -1.99. The van der Waals surface area contributed by atoms with Gasteiger partial charge in [-0.15, -0.1) is 22.7 Å². The van der Waals surface area contributed by atoms with E-state index in [-0.39, 0.29) is 5.91 Å². The smallest absolute Gasteiger partial charge is 0.245 e. The number of halogens is 1. The molecule has 0 fully saturated rings. The lowest BCUT2D eigenvalue weighted by molar-refractivity contribution is -0.120. The van der Waals surface area contributed by atoms with E-state index in [0.29, 0.717) is 6.42 Å². The molecule has 0 spiro atoms. The van der Waals surface area contributed by atoms with Gasteiger partial charge in [-0.3, -0.25) is 4.79 Å². The highest BCUT2D eigenvalue weighted by molar-refractivity contribution is 9.11. The SMILES string of the molecule is C/C(=N\NC(=O)Cc1cccs1)c1ccc(Br)s1. The van der Waals surface area contributed by atoms with Crippen molar-refractivity contribution < 1.29 is 4.79 Å². The molecule has 0 aliphatic carbocycles. The fraction of sp³-hybridized carbons (Fsp3) is 0.167. The first-order valence-electron chi connectivity index (χ1n) is 5.26. The highest BCUT2D eigenvalue weighted by Crippen LogP contribution is 2.22. The molecular formula is C12H11BrN2OS2. The number of nitrogens with zero attached hydrogens (tertiary/aromatic N) is 1. The molecule has 0 aromatic carbocycles. The lowest BCUT2D eigenvalue weighted by atomic mass is 10.3. The van der Waals surface area contributed by atoms with Crippen molar-refractivity contribution in [2.24, 2.45) is 5.10 Å². The molecule has 2 aromatic rings. The molecule has 0 saturated carbocycles. The predicted octanol–water partition coefficient (Wildman–Crippen LogP) is 3.66. The standard InChI is InChI=1S/C12H11BrN2OS2/c1-8(10-4-5-11(13)18-10)14-15-12(16)7-9-3-2-6-17-9/h2-6H,7H2,1H3,(H,15,16)/b14-8+. The third-order valence-corrected chi connectivity index (χ3v) is 4.80. The van der Waals surface area contributed by atoms with Crippen molar-refractivity contribution in [1.82, 2.24) is 5.43 Å². The second kappa shape index (κ2) is 6.26. The summed E-state index contributed by atoms with van der Waals surface area (Å²) < 4.78 is 1.05. The second-order valence-electron chi connectivity index (χ2n) is 3.59. The Morgan fingerprint density at radius 3 is 2.89 bits per heavy atom. The summed E-state index contributed by atoms with van der Waals surface area (Å²) in [5, 5.41) is 6.06. The van der Waals surface area contributed by atoms with E-state index >= 15 is 0 Å². The third kappa shape index (κ3) is 3.76. The van der Waals surface area contributed by atoms with Crippen LogP contribution in [0.15, 0.2) is 38.5 Å². The number of hydrogen-bond acceptors (Lipinski definition) is 4. The van der Waals surface area contributed by atoms with Crippen molar-refractivity contribution >= 4 is 50.2 Å². The topological polar surface area (TPSA) is 41.5 Å². The van der Waals surface area contributed by atoms with Gasteiger partial charge in [0.25, 0.3) is 0 Å². The van der Waals surface area contributed by atoms with Crippen LogP contribution < -0.4 is 5.43 Å². The molecule has 0 bridgehead atoms. The Labute approximate surface area is 122 Å². The first-order valence-corrected chi connectivity index (χ1v) is 7.75. The van der Waals surface area contributed by atoms with Crippen LogP contribution in [0.5, 0.6) is 0 Å². The van der Waals surface area contributed by atoms with Crippen molar-refractivity contribution in [2.75, 3.05) is 0 Å². The summed E-state index contributed by atoms with van der Waals surface area (Å²) in [5.74, 6) is -0.0904. The van der Waals surface area contributed by atoms with Gasteiger partial charge >= 0.3 is 0 Å². The normalized spacial score (nSPS) is 11.6. The van der Waals surface area contributed by atoms with E-state index in [4.69, 9.17) is 0 Å². The average molecular weight is 343 g/mol. The van der Waals surface area contributed by atoms with Gasteiger partial charge in [0.2, 0.25) is 5.91 Å². The number of amides is 1. The fourth-order valence-corrected chi connectivity index (χ4v) is 3.36. The van der Waals surface area contributed by atoms with Crippen LogP contribution in [0.1, 0.15) is 16.7 Å². The zero-order valence-electron chi connectivity index (χ0n) is 9.64. The van der Waals surface area contributed by atoms with Crippen LogP contribution >= 0.6 is 38.6 Å². The Balaban J connectivity index is 1.92. The van der Waals surface area contributed by atoms with Gasteiger partial charge in [-0.2, -0.15) is 5.10 Å². The molecule has 2 aromatic heterocycles. The maximum absolute atomic E-state index is 11.6. The molecule has 0 aliphatic heterocycles. The van der Waals surface area contributed by atoms with Crippen molar-refractivity contribution in [3.63, 3.8) is 0 Å². The van der Waals surface area contributed by atoms with Gasteiger partial charge in [0.05, 0.1) is 20.8 Å². The van der Waals surface area contributed by atoms with Crippen LogP contribution in [-0.2, 0) is 11.2 Å². The van der Waals surface area contributed by atoms with E-state index in [1.807, 2.05) is 36.6 Å². The van der Waals surface area contributed by atoms with Gasteiger partial charge < -0.3 is 0 Å². The van der Waals surface area contributed by atoms with Gasteiger partial charge in [0, 0.05) is 4.88 Å². The summed E-state index contributed by atoms with van der Waals surface area (Å²) in [6.45, 7) is 1.88. The van der Waals surface area contributed by atoms with Crippen molar-refractivity contribution in [3.8, 4) is 0 Å². The molecule has 1 amide bonds. The minimum absolute atomic E-state index is 0.0904. The number of carbonyl (C=O) groups is 1. The van der Waals surface area contributed by atoms with Gasteiger partial charge in [-0.05, 0) is 46.4 Å². The van der Waals surface area contributed by atoms with Gasteiger partial charge in [0.15, 0.2) is 0 Å². The van der Waals surface area contributed by atoms with Gasteiger partial charge in [0.1, 0.15) is 0 Å². The quantitative estimate of drug-likeness (QED) is 0.668. The monoisotopic (exact) mass is 342 g/mol. The summed E-state index contributed by atoms with van der Waals surface area (Å²) in [4.78, 5) is 13.7. The Hall–Kier alpha value is -0.980. The van der Waals surface area contributed by atoms with E-state index in [9.17, 15) is 4.79 Å². The molecule has 2 rings (SSSR count). The second-order valence-corrected chi connectivity index (χ2v) is 7.09. The maximum Gasteiger partial charge on any atom is 0.245 e. The van der Waals surface area contributed by atoms with E-state index in [1.165, 1.54) is 0 Å². The summed E-state index contributed by atoms with van der Waals surface area (Å²) in [7, 11) is 0. The number of hydrazone groups is 1. The largest absolute Gasteiger partial charge is 0.273 e. The van der Waals surface area contributed by atoms with Gasteiger partial charge in [-0.25, -0.2) is 5.43 Å². The molecule has 0 atom stereocenters. The summed E-state index contributed by atoms with van der Waals surface area (Å²) in [6, 6.07) is 7.81. The highest BCUT2D eigenvalue weighted by atomic mass is 79.9. The molecule has 3 nitrogen and oxygen atoms in total. The summed E-state index contributed by atoms with van der Waals surface area (Å²) in [6.07, 6.45) is 0.378. The zero-order valence-corrected chi connectivity index (χ0v) is 12.9. The van der Waals surface area contributed by atoms with Crippen LogP contribution in [-0.4, -0.2) is 11.6 Å². The number of carbonyl (C=O) groups excluding carboxylic acids is 1. The van der Waals surface area contributed by atoms with E-state index in [1.54, 1.807) is 22.7 Å². The van der Waals surface area contributed by atoms with Crippen LogP contribution in [0.25, 0.3) is 0 Å². The Bertz CT molecular complexity index is 560. The Morgan fingerprint density at radius 2 is 2.28 bits per heavy atom. The van der Waals surface area contributed by atoms with Crippen molar-refractivity contribution in [3.05, 3.63) is 43.2 Å². The first kappa shape index (κ1) is 13.5. The molecule has 0 aliphatic rings. The molecule has 94 valence electrons. The number of hydrogen-bond donors (Lipinski definition) is 1. The molecule has 0 radical (unpaired) electrons.